The first kappa shape index (κ1) is 13.7. The number of nitrogens with one attached hydrogen (secondary N) is 1. The second-order valence-electron chi connectivity index (χ2n) is 4.86. The quantitative estimate of drug-likeness (QED) is 0.905. The standard InChI is InChI=1S/C14H20N2S2/c1-8(2)12-7-17-14(16-12)13(15-5)11-6-9(3)18-10(11)4/h6-8,13,15H,1-5H3. The number of rotatable bonds is 4. The van der Waals surface area contributed by atoms with Crippen molar-refractivity contribution in [2.24, 2.45) is 0 Å². The van der Waals surface area contributed by atoms with Gasteiger partial charge in [-0.2, -0.15) is 0 Å². The lowest BCUT2D eigenvalue weighted by Crippen LogP contribution is -2.17. The van der Waals surface area contributed by atoms with Crippen LogP contribution in [-0.4, -0.2) is 12.0 Å². The van der Waals surface area contributed by atoms with Gasteiger partial charge < -0.3 is 5.32 Å². The maximum atomic E-state index is 4.77. The van der Waals surface area contributed by atoms with Gasteiger partial charge in [0, 0.05) is 15.1 Å². The molecule has 1 unspecified atom stereocenters. The number of thiophene rings is 1. The van der Waals surface area contributed by atoms with Crippen LogP contribution in [0, 0.1) is 13.8 Å². The predicted octanol–water partition coefficient (Wildman–Crippen LogP) is 4.25. The summed E-state index contributed by atoms with van der Waals surface area (Å²) >= 11 is 3.61. The Morgan fingerprint density at radius 3 is 2.44 bits per heavy atom. The van der Waals surface area contributed by atoms with Crippen LogP contribution in [0.2, 0.25) is 0 Å². The number of aromatic nitrogens is 1. The first-order chi connectivity index (χ1) is 8.52. The van der Waals surface area contributed by atoms with Gasteiger partial charge in [0.05, 0.1) is 11.7 Å². The second kappa shape index (κ2) is 5.51. The van der Waals surface area contributed by atoms with E-state index in [0.29, 0.717) is 5.92 Å². The van der Waals surface area contributed by atoms with Crippen molar-refractivity contribution in [3.05, 3.63) is 37.5 Å². The molecular weight excluding hydrogens is 260 g/mol. The third-order valence-corrected chi connectivity index (χ3v) is 4.97. The third-order valence-electron chi connectivity index (χ3n) is 3.06. The van der Waals surface area contributed by atoms with Gasteiger partial charge in [-0.05, 0) is 38.4 Å². The van der Waals surface area contributed by atoms with Gasteiger partial charge in [-0.25, -0.2) is 4.98 Å². The average molecular weight is 280 g/mol. The average Bonchev–Trinajstić information content (AvgIpc) is 2.88. The van der Waals surface area contributed by atoms with Crippen LogP contribution in [0.1, 0.15) is 51.8 Å². The molecule has 0 saturated heterocycles. The Morgan fingerprint density at radius 2 is 2.00 bits per heavy atom. The molecule has 0 fully saturated rings. The first-order valence-electron chi connectivity index (χ1n) is 6.22. The van der Waals surface area contributed by atoms with Crippen LogP contribution in [0.25, 0.3) is 0 Å². The number of hydrogen-bond acceptors (Lipinski definition) is 4. The Morgan fingerprint density at radius 1 is 1.28 bits per heavy atom. The van der Waals surface area contributed by atoms with Crippen molar-refractivity contribution in [1.82, 2.24) is 10.3 Å². The van der Waals surface area contributed by atoms with Crippen LogP contribution < -0.4 is 5.32 Å². The Hall–Kier alpha value is -0.710. The van der Waals surface area contributed by atoms with Gasteiger partial charge in [-0.3, -0.25) is 0 Å². The van der Waals surface area contributed by atoms with Crippen LogP contribution in [0.3, 0.4) is 0 Å². The summed E-state index contributed by atoms with van der Waals surface area (Å²) in [4.78, 5) is 7.52. The zero-order valence-electron chi connectivity index (χ0n) is 11.6. The molecule has 0 amide bonds. The van der Waals surface area contributed by atoms with Gasteiger partial charge in [0.1, 0.15) is 5.01 Å². The van der Waals surface area contributed by atoms with Gasteiger partial charge in [0.15, 0.2) is 0 Å². The molecule has 2 rings (SSSR count). The minimum atomic E-state index is 0.229. The summed E-state index contributed by atoms with van der Waals surface area (Å²) in [7, 11) is 2.01. The molecule has 0 saturated carbocycles. The summed E-state index contributed by atoms with van der Waals surface area (Å²) in [6.07, 6.45) is 0. The Bertz CT molecular complexity index is 526. The SMILES string of the molecule is CNC(c1nc(C(C)C)cs1)c1cc(C)sc1C. The fraction of sp³-hybridized carbons (Fsp3) is 0.500. The summed E-state index contributed by atoms with van der Waals surface area (Å²) in [5.74, 6) is 0.498. The molecule has 0 spiro atoms. The second-order valence-corrected chi connectivity index (χ2v) is 7.21. The van der Waals surface area contributed by atoms with Crippen LogP contribution in [0.15, 0.2) is 11.4 Å². The molecule has 0 aliphatic rings. The molecule has 4 heteroatoms. The molecule has 1 atom stereocenters. The number of aryl methyl sites for hydroxylation is 2. The number of nitrogens with zero attached hydrogens (tertiary/aromatic N) is 1. The minimum Gasteiger partial charge on any atom is -0.307 e. The molecule has 0 aliphatic carbocycles. The van der Waals surface area contributed by atoms with Crippen molar-refractivity contribution in [3.8, 4) is 0 Å². The summed E-state index contributed by atoms with van der Waals surface area (Å²) in [5, 5.41) is 6.74. The van der Waals surface area contributed by atoms with Crippen molar-refractivity contribution in [2.75, 3.05) is 7.05 Å². The summed E-state index contributed by atoms with van der Waals surface area (Å²) in [5.41, 5.74) is 2.56. The molecule has 0 aromatic carbocycles. The van der Waals surface area contributed by atoms with Crippen molar-refractivity contribution in [2.45, 2.75) is 39.7 Å². The maximum absolute atomic E-state index is 4.77. The Labute approximate surface area is 117 Å². The fourth-order valence-corrected chi connectivity index (χ4v) is 4.12. The molecule has 2 nitrogen and oxygen atoms in total. The van der Waals surface area contributed by atoms with E-state index in [-0.39, 0.29) is 6.04 Å². The van der Waals surface area contributed by atoms with Crippen LogP contribution in [0.5, 0.6) is 0 Å². The number of thiazole rings is 1. The number of hydrogen-bond donors (Lipinski definition) is 1. The smallest absolute Gasteiger partial charge is 0.114 e. The minimum absolute atomic E-state index is 0.229. The highest BCUT2D eigenvalue weighted by atomic mass is 32.1. The maximum Gasteiger partial charge on any atom is 0.114 e. The third kappa shape index (κ3) is 2.66. The fourth-order valence-electron chi connectivity index (χ4n) is 2.05. The lowest BCUT2D eigenvalue weighted by Gasteiger charge is -2.13. The Kier molecular flexibility index (Phi) is 4.20. The van der Waals surface area contributed by atoms with Gasteiger partial charge in [0.25, 0.3) is 0 Å². The molecule has 0 bridgehead atoms. The van der Waals surface area contributed by atoms with Gasteiger partial charge >= 0.3 is 0 Å². The van der Waals surface area contributed by atoms with E-state index in [0.717, 1.165) is 0 Å². The molecule has 0 aliphatic heterocycles. The zero-order valence-corrected chi connectivity index (χ0v) is 13.2. The van der Waals surface area contributed by atoms with E-state index in [4.69, 9.17) is 4.98 Å². The van der Waals surface area contributed by atoms with E-state index in [1.54, 1.807) is 11.3 Å². The Balaban J connectivity index is 2.35. The van der Waals surface area contributed by atoms with E-state index in [1.165, 1.54) is 26.0 Å². The monoisotopic (exact) mass is 280 g/mol. The molecular formula is C14H20N2S2. The lowest BCUT2D eigenvalue weighted by atomic mass is 10.1. The highest BCUT2D eigenvalue weighted by molar-refractivity contribution is 7.12. The van der Waals surface area contributed by atoms with E-state index >= 15 is 0 Å². The summed E-state index contributed by atoms with van der Waals surface area (Å²) in [6.45, 7) is 8.73. The topological polar surface area (TPSA) is 24.9 Å². The predicted molar refractivity (Wildman–Crippen MR) is 80.9 cm³/mol. The normalized spacial score (nSPS) is 13.2. The van der Waals surface area contributed by atoms with E-state index in [2.05, 4.69) is 44.5 Å². The molecule has 1 N–H and O–H groups in total. The van der Waals surface area contributed by atoms with Crippen molar-refractivity contribution >= 4 is 22.7 Å². The molecule has 2 heterocycles. The molecule has 98 valence electrons. The molecule has 2 aromatic rings. The summed E-state index contributed by atoms with van der Waals surface area (Å²) < 4.78 is 0. The van der Waals surface area contributed by atoms with Crippen molar-refractivity contribution in [3.63, 3.8) is 0 Å². The van der Waals surface area contributed by atoms with Crippen LogP contribution in [0.4, 0.5) is 0 Å². The van der Waals surface area contributed by atoms with E-state index in [1.807, 2.05) is 18.4 Å². The molecule has 0 radical (unpaired) electrons. The lowest BCUT2D eigenvalue weighted by molar-refractivity contribution is 0.678. The van der Waals surface area contributed by atoms with Gasteiger partial charge in [-0.1, -0.05) is 13.8 Å². The van der Waals surface area contributed by atoms with Crippen LogP contribution in [-0.2, 0) is 0 Å². The zero-order chi connectivity index (χ0) is 13.3. The summed E-state index contributed by atoms with van der Waals surface area (Å²) in [6, 6.07) is 2.50. The van der Waals surface area contributed by atoms with E-state index < -0.39 is 0 Å². The molecule has 18 heavy (non-hydrogen) atoms. The van der Waals surface area contributed by atoms with E-state index in [9.17, 15) is 0 Å². The van der Waals surface area contributed by atoms with Crippen molar-refractivity contribution < 1.29 is 0 Å². The van der Waals surface area contributed by atoms with Gasteiger partial charge in [0.2, 0.25) is 0 Å². The highest BCUT2D eigenvalue weighted by Crippen LogP contribution is 2.32. The van der Waals surface area contributed by atoms with Crippen molar-refractivity contribution in [1.29, 1.82) is 0 Å². The first-order valence-corrected chi connectivity index (χ1v) is 7.92. The highest BCUT2D eigenvalue weighted by Gasteiger charge is 2.20. The van der Waals surface area contributed by atoms with Crippen LogP contribution >= 0.6 is 22.7 Å². The largest absolute Gasteiger partial charge is 0.307 e. The molecule has 2 aromatic heterocycles. The van der Waals surface area contributed by atoms with Gasteiger partial charge in [-0.15, -0.1) is 22.7 Å².